The van der Waals surface area contributed by atoms with Crippen molar-refractivity contribution in [2.75, 3.05) is 17.7 Å². The van der Waals surface area contributed by atoms with Crippen LogP contribution in [0.4, 0.5) is 21.6 Å². The van der Waals surface area contributed by atoms with E-state index in [4.69, 9.17) is 10.5 Å². The lowest BCUT2D eigenvalue weighted by atomic mass is 10.1. The average Bonchev–Trinajstić information content (AvgIpc) is 3.14. The first kappa shape index (κ1) is 19.1. The summed E-state index contributed by atoms with van der Waals surface area (Å²) in [6, 6.07) is 3.68. The Bertz CT molecular complexity index is 1090. The lowest BCUT2D eigenvalue weighted by Gasteiger charge is -2.17. The topological polar surface area (TPSA) is 172 Å². The minimum absolute atomic E-state index is 0.107. The zero-order chi connectivity index (χ0) is 20.9. The molecule has 1 aromatic carbocycles. The van der Waals surface area contributed by atoms with Crippen LogP contribution in [0, 0.1) is 5.82 Å². The van der Waals surface area contributed by atoms with E-state index in [0.29, 0.717) is 5.69 Å². The van der Waals surface area contributed by atoms with E-state index in [1.165, 1.54) is 12.1 Å². The van der Waals surface area contributed by atoms with Crippen LogP contribution in [0.5, 0.6) is 0 Å². The van der Waals surface area contributed by atoms with Crippen molar-refractivity contribution in [2.24, 2.45) is 4.99 Å². The van der Waals surface area contributed by atoms with Crippen molar-refractivity contribution in [3.05, 3.63) is 46.3 Å². The molecule has 4 rings (SSSR count). The predicted octanol–water partition coefficient (Wildman–Crippen LogP) is -1.35. The number of nitrogen functional groups attached to an aromatic ring is 1. The summed E-state index contributed by atoms with van der Waals surface area (Å²) in [5.74, 6) is -1.48. The summed E-state index contributed by atoms with van der Waals surface area (Å²) in [5, 5.41) is 31.8. The van der Waals surface area contributed by atoms with Crippen molar-refractivity contribution < 1.29 is 29.2 Å². The van der Waals surface area contributed by atoms with Crippen molar-refractivity contribution in [2.45, 2.75) is 24.5 Å². The number of aliphatic imine (C=N–C) groups is 1. The van der Waals surface area contributed by atoms with Crippen LogP contribution >= 0.6 is 0 Å². The van der Waals surface area contributed by atoms with Crippen LogP contribution in [0.25, 0.3) is 0 Å². The summed E-state index contributed by atoms with van der Waals surface area (Å²) in [5.41, 5.74) is 5.17. The fraction of sp³-hybridized carbons (Fsp3) is 0.294. The van der Waals surface area contributed by atoms with Gasteiger partial charge in [-0.3, -0.25) is 9.36 Å². The van der Waals surface area contributed by atoms with Gasteiger partial charge in [0.2, 0.25) is 0 Å². The van der Waals surface area contributed by atoms with E-state index in [2.05, 4.69) is 15.3 Å². The van der Waals surface area contributed by atoms with Crippen LogP contribution in [0.2, 0.25) is 0 Å². The molecule has 0 aliphatic carbocycles. The highest BCUT2D eigenvalue weighted by Gasteiger charge is 2.44. The van der Waals surface area contributed by atoms with E-state index >= 15 is 0 Å². The van der Waals surface area contributed by atoms with E-state index in [1.807, 2.05) is 0 Å². The Labute approximate surface area is 161 Å². The third-order valence-electron chi connectivity index (χ3n) is 4.68. The zero-order valence-corrected chi connectivity index (χ0v) is 14.7. The number of ether oxygens (including phenoxy) is 1. The maximum Gasteiger partial charge on any atom is 0.351 e. The molecule has 0 spiro atoms. The van der Waals surface area contributed by atoms with Gasteiger partial charge in [0.25, 0.3) is 5.91 Å². The van der Waals surface area contributed by atoms with Gasteiger partial charge in [0, 0.05) is 11.8 Å². The van der Waals surface area contributed by atoms with Crippen LogP contribution in [0.3, 0.4) is 0 Å². The highest BCUT2D eigenvalue weighted by atomic mass is 19.1. The summed E-state index contributed by atoms with van der Waals surface area (Å²) < 4.78 is 19.7. The SMILES string of the molecule is Nc1nc(=O)n([C@@H]2O[C@H](CO)[C@@H](O)[C@H]2O)cc1N=C1C(=O)Nc2ccc(F)cc21. The van der Waals surface area contributed by atoms with E-state index in [9.17, 15) is 29.3 Å². The molecule has 152 valence electrons. The first-order valence-electron chi connectivity index (χ1n) is 8.51. The normalized spacial score (nSPS) is 27.3. The Morgan fingerprint density at radius 1 is 1.31 bits per heavy atom. The number of nitrogens with two attached hydrogens (primary N) is 1. The van der Waals surface area contributed by atoms with Gasteiger partial charge >= 0.3 is 5.69 Å². The number of aliphatic hydroxyl groups is 3. The molecule has 1 aromatic heterocycles. The van der Waals surface area contributed by atoms with Gasteiger partial charge in [-0.25, -0.2) is 14.2 Å². The average molecular weight is 405 g/mol. The molecular weight excluding hydrogens is 389 g/mol. The van der Waals surface area contributed by atoms with Crippen molar-refractivity contribution in [1.29, 1.82) is 0 Å². The van der Waals surface area contributed by atoms with Crippen molar-refractivity contribution >= 4 is 28.8 Å². The second kappa shape index (κ2) is 7.00. The number of hydrogen-bond donors (Lipinski definition) is 5. The fourth-order valence-electron chi connectivity index (χ4n) is 3.21. The number of aliphatic hydroxyl groups excluding tert-OH is 3. The Balaban J connectivity index is 1.78. The first-order valence-corrected chi connectivity index (χ1v) is 8.51. The largest absolute Gasteiger partial charge is 0.394 e. The highest BCUT2D eigenvalue weighted by Crippen LogP contribution is 2.31. The number of hydrogen-bond acceptors (Lipinski definition) is 9. The number of fused-ring (bicyclic) bond motifs is 1. The number of carbonyl (C=O) groups is 1. The number of rotatable bonds is 3. The molecule has 0 radical (unpaired) electrons. The van der Waals surface area contributed by atoms with Gasteiger partial charge in [0.1, 0.15) is 35.5 Å². The number of halogens is 1. The molecule has 0 saturated carbocycles. The fourth-order valence-corrected chi connectivity index (χ4v) is 3.21. The van der Waals surface area contributed by atoms with Gasteiger partial charge in [-0.05, 0) is 18.2 Å². The Kier molecular flexibility index (Phi) is 4.62. The number of benzene rings is 1. The van der Waals surface area contributed by atoms with Gasteiger partial charge in [-0.2, -0.15) is 4.98 Å². The molecule has 3 heterocycles. The Morgan fingerprint density at radius 2 is 2.07 bits per heavy atom. The molecule has 6 N–H and O–H groups in total. The first-order chi connectivity index (χ1) is 13.8. The second-order valence-corrected chi connectivity index (χ2v) is 6.53. The molecule has 1 saturated heterocycles. The van der Waals surface area contributed by atoms with Crippen molar-refractivity contribution in [1.82, 2.24) is 9.55 Å². The summed E-state index contributed by atoms with van der Waals surface area (Å²) >= 11 is 0. The summed E-state index contributed by atoms with van der Waals surface area (Å²) in [6.45, 7) is -0.580. The van der Waals surface area contributed by atoms with Gasteiger partial charge in [0.15, 0.2) is 12.0 Å². The molecule has 1 fully saturated rings. The number of aromatic nitrogens is 2. The summed E-state index contributed by atoms with van der Waals surface area (Å²) in [7, 11) is 0. The van der Waals surface area contributed by atoms with E-state index in [0.717, 1.165) is 16.8 Å². The number of amides is 1. The Hall–Kier alpha value is -3.19. The smallest absolute Gasteiger partial charge is 0.351 e. The third kappa shape index (κ3) is 3.17. The molecule has 12 heteroatoms. The van der Waals surface area contributed by atoms with Crippen molar-refractivity contribution in [3.8, 4) is 0 Å². The third-order valence-corrected chi connectivity index (χ3v) is 4.68. The van der Waals surface area contributed by atoms with E-state index < -0.39 is 48.6 Å². The van der Waals surface area contributed by atoms with Crippen molar-refractivity contribution in [3.63, 3.8) is 0 Å². The highest BCUT2D eigenvalue weighted by molar-refractivity contribution is 6.54. The number of nitrogens with one attached hydrogen (secondary N) is 1. The molecule has 4 atom stereocenters. The Morgan fingerprint density at radius 3 is 2.76 bits per heavy atom. The minimum atomic E-state index is -1.53. The summed E-state index contributed by atoms with van der Waals surface area (Å²) in [4.78, 5) is 32.2. The molecule has 2 aliphatic rings. The lowest BCUT2D eigenvalue weighted by molar-refractivity contribution is -0.110. The van der Waals surface area contributed by atoms with Gasteiger partial charge in [-0.1, -0.05) is 0 Å². The number of nitrogens with zero attached hydrogens (tertiary/aromatic N) is 3. The number of anilines is 2. The van der Waals surface area contributed by atoms with Crippen LogP contribution in [0.15, 0.2) is 34.2 Å². The maximum absolute atomic E-state index is 13.6. The zero-order valence-electron chi connectivity index (χ0n) is 14.7. The van der Waals surface area contributed by atoms with Crippen LogP contribution in [-0.4, -0.2) is 61.4 Å². The molecule has 11 nitrogen and oxygen atoms in total. The van der Waals surface area contributed by atoms with Crippen LogP contribution in [-0.2, 0) is 9.53 Å². The number of carbonyl (C=O) groups excluding carboxylic acids is 1. The van der Waals surface area contributed by atoms with Gasteiger partial charge in [0.05, 0.1) is 12.3 Å². The minimum Gasteiger partial charge on any atom is -0.394 e. The standard InChI is InChI=1S/C17H16FN5O6/c18-6-1-2-8-7(3-6)11(15(27)21-8)20-9-4-23(17(28)22-14(9)19)16-13(26)12(25)10(5-24)29-16/h1-4,10,12-13,16,24-26H,5H2,(H2,19,22,28)(H,20,21,27)/t10-,12-,13-,16-/m1/s1. The molecular formula is C17H16FN5O6. The predicted molar refractivity (Wildman–Crippen MR) is 97.1 cm³/mol. The molecule has 1 amide bonds. The quantitative estimate of drug-likeness (QED) is 0.417. The lowest BCUT2D eigenvalue weighted by Crippen LogP contribution is -2.36. The molecule has 0 unspecified atom stereocenters. The summed E-state index contributed by atoms with van der Waals surface area (Å²) in [6.07, 6.45) is -4.32. The molecule has 2 aliphatic heterocycles. The van der Waals surface area contributed by atoms with E-state index in [1.54, 1.807) is 0 Å². The molecule has 0 bridgehead atoms. The van der Waals surface area contributed by atoms with Crippen LogP contribution in [0.1, 0.15) is 11.8 Å². The molecule has 2 aromatic rings. The molecule has 29 heavy (non-hydrogen) atoms. The maximum atomic E-state index is 13.6. The monoisotopic (exact) mass is 405 g/mol. The van der Waals surface area contributed by atoms with Gasteiger partial charge < -0.3 is 31.1 Å². The van der Waals surface area contributed by atoms with Gasteiger partial charge in [-0.15, -0.1) is 0 Å². The van der Waals surface area contributed by atoms with E-state index in [-0.39, 0.29) is 22.8 Å². The second-order valence-electron chi connectivity index (χ2n) is 6.53. The van der Waals surface area contributed by atoms with Crippen LogP contribution < -0.4 is 16.7 Å².